The van der Waals surface area contributed by atoms with E-state index in [2.05, 4.69) is 70.6 Å². The van der Waals surface area contributed by atoms with E-state index in [1.807, 2.05) is 7.05 Å². The minimum Gasteiger partial charge on any atom is -0.369 e. The van der Waals surface area contributed by atoms with Crippen LogP contribution in [0.4, 0.5) is 5.69 Å². The van der Waals surface area contributed by atoms with E-state index in [-0.39, 0.29) is 0 Å². The first kappa shape index (κ1) is 17.6. The number of aliphatic imine (C=N–C) groups is 1. The molecule has 1 atom stereocenters. The molecule has 0 radical (unpaired) electrons. The van der Waals surface area contributed by atoms with Crippen LogP contribution in [0.1, 0.15) is 18.9 Å². The van der Waals surface area contributed by atoms with Gasteiger partial charge in [0.1, 0.15) is 0 Å². The number of likely N-dealkylation sites (N-methyl/N-ethyl adjacent to an activating group) is 1. The molecule has 1 aromatic carbocycles. The summed E-state index contributed by atoms with van der Waals surface area (Å²) in [7, 11) is 3.97. The number of nitrogens with zero attached hydrogens (tertiary/aromatic N) is 3. The molecule has 23 heavy (non-hydrogen) atoms. The van der Waals surface area contributed by atoms with Crippen molar-refractivity contribution < 1.29 is 0 Å². The number of benzene rings is 1. The Balaban J connectivity index is 1.78. The number of rotatable bonds is 6. The maximum Gasteiger partial charge on any atom is 0.191 e. The van der Waals surface area contributed by atoms with Gasteiger partial charge in [0.25, 0.3) is 0 Å². The van der Waals surface area contributed by atoms with Crippen molar-refractivity contribution in [1.82, 2.24) is 15.5 Å². The van der Waals surface area contributed by atoms with Gasteiger partial charge in [0, 0.05) is 45.0 Å². The van der Waals surface area contributed by atoms with E-state index in [9.17, 15) is 0 Å². The highest BCUT2D eigenvalue weighted by molar-refractivity contribution is 5.80. The average Bonchev–Trinajstić information content (AvgIpc) is 3.02. The molecular weight excluding hydrogens is 286 g/mol. The summed E-state index contributed by atoms with van der Waals surface area (Å²) in [5, 5.41) is 6.95. The van der Waals surface area contributed by atoms with Gasteiger partial charge >= 0.3 is 0 Å². The first-order valence-corrected chi connectivity index (χ1v) is 8.59. The van der Waals surface area contributed by atoms with Gasteiger partial charge in [-0.1, -0.05) is 24.6 Å². The first-order chi connectivity index (χ1) is 11.1. The molecule has 1 saturated heterocycles. The van der Waals surface area contributed by atoms with Gasteiger partial charge < -0.3 is 20.4 Å². The molecule has 1 unspecified atom stereocenters. The lowest BCUT2D eigenvalue weighted by Gasteiger charge is -2.21. The molecule has 128 valence electrons. The Morgan fingerprint density at radius 3 is 2.74 bits per heavy atom. The highest BCUT2D eigenvalue weighted by atomic mass is 15.2. The van der Waals surface area contributed by atoms with Gasteiger partial charge in [0.2, 0.25) is 0 Å². The predicted octanol–water partition coefficient (Wildman–Crippen LogP) is 1.69. The third-order valence-corrected chi connectivity index (χ3v) is 4.48. The zero-order valence-electron chi connectivity index (χ0n) is 15.0. The van der Waals surface area contributed by atoms with E-state index < -0.39 is 0 Å². The molecule has 1 aliphatic rings. The van der Waals surface area contributed by atoms with Crippen LogP contribution >= 0.6 is 0 Å². The summed E-state index contributed by atoms with van der Waals surface area (Å²) >= 11 is 0. The number of nitrogens with one attached hydrogen (secondary N) is 2. The molecule has 2 N–H and O–H groups in total. The molecule has 0 amide bonds. The summed E-state index contributed by atoms with van der Waals surface area (Å²) in [6.45, 7) is 9.43. The third-order valence-electron chi connectivity index (χ3n) is 4.48. The smallest absolute Gasteiger partial charge is 0.191 e. The van der Waals surface area contributed by atoms with Crippen LogP contribution in [-0.2, 0) is 0 Å². The highest BCUT2D eigenvalue weighted by Gasteiger charge is 2.23. The number of hydrogen-bond donors (Lipinski definition) is 2. The minimum absolute atomic E-state index is 0.450. The third kappa shape index (κ3) is 5.43. The number of anilines is 1. The lowest BCUT2D eigenvalue weighted by atomic mass is 10.2. The maximum atomic E-state index is 4.34. The number of aryl methyl sites for hydroxylation is 1. The van der Waals surface area contributed by atoms with E-state index in [1.165, 1.54) is 11.3 Å². The molecule has 0 bridgehead atoms. The van der Waals surface area contributed by atoms with E-state index >= 15 is 0 Å². The Hall–Kier alpha value is -1.75. The normalized spacial score (nSPS) is 18.6. The van der Waals surface area contributed by atoms with Gasteiger partial charge in [-0.25, -0.2) is 0 Å². The van der Waals surface area contributed by atoms with Gasteiger partial charge in [0.15, 0.2) is 5.96 Å². The predicted molar refractivity (Wildman–Crippen MR) is 99.5 cm³/mol. The molecule has 0 saturated carbocycles. The van der Waals surface area contributed by atoms with Crippen molar-refractivity contribution >= 4 is 11.6 Å². The fourth-order valence-electron chi connectivity index (χ4n) is 2.78. The Morgan fingerprint density at radius 1 is 1.35 bits per heavy atom. The second-order valence-electron chi connectivity index (χ2n) is 6.31. The van der Waals surface area contributed by atoms with Crippen LogP contribution in [0.5, 0.6) is 0 Å². The van der Waals surface area contributed by atoms with Gasteiger partial charge in [-0.3, -0.25) is 4.99 Å². The second kappa shape index (κ2) is 8.77. The maximum absolute atomic E-state index is 4.34. The highest BCUT2D eigenvalue weighted by Crippen LogP contribution is 2.20. The van der Waals surface area contributed by atoms with Gasteiger partial charge in [0.05, 0.1) is 0 Å². The van der Waals surface area contributed by atoms with Crippen LogP contribution in [0.15, 0.2) is 29.3 Å². The van der Waals surface area contributed by atoms with Crippen molar-refractivity contribution in [1.29, 1.82) is 0 Å². The quantitative estimate of drug-likeness (QED) is 0.619. The summed E-state index contributed by atoms with van der Waals surface area (Å²) in [5.41, 5.74) is 2.62. The van der Waals surface area contributed by atoms with E-state index in [4.69, 9.17) is 0 Å². The Bertz CT molecular complexity index is 497. The number of guanidine groups is 1. The molecular formula is C18H31N5. The summed E-state index contributed by atoms with van der Waals surface area (Å²) < 4.78 is 0. The van der Waals surface area contributed by atoms with E-state index in [0.717, 1.165) is 45.1 Å². The molecule has 5 heteroatoms. The zero-order valence-corrected chi connectivity index (χ0v) is 15.0. The van der Waals surface area contributed by atoms with Crippen LogP contribution in [0.25, 0.3) is 0 Å². The number of hydrogen-bond acceptors (Lipinski definition) is 3. The van der Waals surface area contributed by atoms with Crippen LogP contribution in [0.3, 0.4) is 0 Å². The molecule has 1 aromatic rings. The van der Waals surface area contributed by atoms with Crippen molar-refractivity contribution in [2.75, 3.05) is 51.7 Å². The largest absolute Gasteiger partial charge is 0.369 e. The average molecular weight is 317 g/mol. The van der Waals surface area contributed by atoms with E-state index in [1.54, 1.807) is 0 Å². The molecule has 1 aliphatic heterocycles. The lowest BCUT2D eigenvalue weighted by Crippen LogP contribution is -2.46. The topological polar surface area (TPSA) is 42.9 Å². The second-order valence-corrected chi connectivity index (χ2v) is 6.31. The molecule has 0 aliphatic carbocycles. The summed E-state index contributed by atoms with van der Waals surface area (Å²) in [6.07, 6.45) is 1.14. The van der Waals surface area contributed by atoms with Crippen molar-refractivity contribution in [3.05, 3.63) is 29.8 Å². The van der Waals surface area contributed by atoms with Crippen LogP contribution < -0.4 is 15.5 Å². The first-order valence-electron chi connectivity index (χ1n) is 8.59. The Morgan fingerprint density at radius 2 is 2.09 bits per heavy atom. The molecule has 0 aromatic heterocycles. The lowest BCUT2D eigenvalue weighted by molar-refractivity contribution is 0.357. The Kier molecular flexibility index (Phi) is 6.71. The molecule has 1 fully saturated rings. The fourth-order valence-corrected chi connectivity index (χ4v) is 2.78. The van der Waals surface area contributed by atoms with Crippen molar-refractivity contribution in [3.8, 4) is 0 Å². The van der Waals surface area contributed by atoms with Crippen molar-refractivity contribution in [2.45, 2.75) is 26.3 Å². The molecule has 0 spiro atoms. The minimum atomic E-state index is 0.450. The van der Waals surface area contributed by atoms with E-state index in [0.29, 0.717) is 6.04 Å². The van der Waals surface area contributed by atoms with Crippen molar-refractivity contribution in [2.24, 2.45) is 4.99 Å². The van der Waals surface area contributed by atoms with Gasteiger partial charge in [-0.05, 0) is 39.1 Å². The van der Waals surface area contributed by atoms with Crippen LogP contribution in [-0.4, -0.2) is 63.7 Å². The van der Waals surface area contributed by atoms with Crippen LogP contribution in [0, 0.1) is 6.92 Å². The summed E-state index contributed by atoms with van der Waals surface area (Å²) in [6, 6.07) is 9.24. The molecule has 2 rings (SSSR count). The fraction of sp³-hybridized carbons (Fsp3) is 0.611. The summed E-state index contributed by atoms with van der Waals surface area (Å²) in [5.74, 6) is 0.908. The monoisotopic (exact) mass is 317 g/mol. The van der Waals surface area contributed by atoms with Gasteiger partial charge in [-0.2, -0.15) is 0 Å². The molecule has 5 nitrogen and oxygen atoms in total. The molecule has 1 heterocycles. The summed E-state index contributed by atoms with van der Waals surface area (Å²) in [4.78, 5) is 9.07. The SMILES string of the molecule is CCN(C)CCNC(=NC)NC1CCN(c2ccc(C)cc2)C1. The van der Waals surface area contributed by atoms with Gasteiger partial charge in [-0.15, -0.1) is 0 Å². The Labute approximate surface area is 140 Å². The van der Waals surface area contributed by atoms with Crippen LogP contribution in [0.2, 0.25) is 0 Å². The van der Waals surface area contributed by atoms with Crippen molar-refractivity contribution in [3.63, 3.8) is 0 Å². The zero-order chi connectivity index (χ0) is 16.7. The standard InChI is InChI=1S/C18H31N5/c1-5-22(4)13-11-20-18(19-3)21-16-10-12-23(14-16)17-8-6-15(2)7-9-17/h6-9,16H,5,10-14H2,1-4H3,(H2,19,20,21).